The molecule has 0 atom stereocenters. The number of carbonyl (C=O) groups is 1. The lowest BCUT2D eigenvalue weighted by molar-refractivity contribution is -0.120. The van der Waals surface area contributed by atoms with Gasteiger partial charge in [0, 0.05) is 17.8 Å². The highest BCUT2D eigenvalue weighted by Gasteiger charge is 2.15. The van der Waals surface area contributed by atoms with Gasteiger partial charge in [0.1, 0.15) is 0 Å². The molecule has 3 rings (SSSR count). The van der Waals surface area contributed by atoms with Gasteiger partial charge >= 0.3 is 0 Å². The second kappa shape index (κ2) is 7.34. The van der Waals surface area contributed by atoms with E-state index in [2.05, 4.69) is 23.4 Å². The Hall–Kier alpha value is -2.88. The van der Waals surface area contributed by atoms with Gasteiger partial charge in [-0.25, -0.2) is 4.68 Å². The van der Waals surface area contributed by atoms with Crippen LogP contribution >= 0.6 is 0 Å². The van der Waals surface area contributed by atoms with Gasteiger partial charge in [0.25, 0.3) is 0 Å². The van der Waals surface area contributed by atoms with Crippen molar-refractivity contribution in [1.29, 1.82) is 0 Å². The summed E-state index contributed by atoms with van der Waals surface area (Å²) in [5, 5.41) is 7.62. The van der Waals surface area contributed by atoms with E-state index >= 15 is 0 Å². The molecule has 1 amide bonds. The highest BCUT2D eigenvalue weighted by Crippen LogP contribution is 2.18. The number of rotatable bonds is 5. The van der Waals surface area contributed by atoms with Crippen molar-refractivity contribution in [3.63, 3.8) is 0 Å². The standard InChI is InChI=1S/C21H23N3O/c1-15-9-7-8-10-18(15)14-22-21(25)13-20-16(2)23-24(17(20)3)19-11-5-4-6-12-19/h4-12H,13-14H2,1-3H3,(H,22,25). The average Bonchev–Trinajstić information content (AvgIpc) is 2.90. The number of aryl methyl sites for hydroxylation is 2. The first-order valence-corrected chi connectivity index (χ1v) is 8.48. The molecule has 0 aliphatic heterocycles. The van der Waals surface area contributed by atoms with Gasteiger partial charge < -0.3 is 5.32 Å². The Morgan fingerprint density at radius 1 is 1.00 bits per heavy atom. The van der Waals surface area contributed by atoms with E-state index in [4.69, 9.17) is 0 Å². The summed E-state index contributed by atoms with van der Waals surface area (Å²) in [5.74, 6) is 0.0158. The van der Waals surface area contributed by atoms with Crippen molar-refractivity contribution in [3.8, 4) is 5.69 Å². The summed E-state index contributed by atoms with van der Waals surface area (Å²) in [6.07, 6.45) is 0.344. The first kappa shape index (κ1) is 17.0. The molecule has 4 nitrogen and oxygen atoms in total. The Morgan fingerprint density at radius 3 is 2.40 bits per heavy atom. The van der Waals surface area contributed by atoms with Crippen LogP contribution in [0.25, 0.3) is 5.69 Å². The summed E-state index contributed by atoms with van der Waals surface area (Å²) in [6.45, 7) is 6.57. The van der Waals surface area contributed by atoms with Gasteiger partial charge in [0.05, 0.1) is 17.8 Å². The average molecular weight is 333 g/mol. The van der Waals surface area contributed by atoms with Gasteiger partial charge in [-0.3, -0.25) is 4.79 Å². The normalized spacial score (nSPS) is 10.7. The fourth-order valence-corrected chi connectivity index (χ4v) is 2.98. The zero-order valence-electron chi connectivity index (χ0n) is 14.9. The third-order valence-corrected chi connectivity index (χ3v) is 4.52. The maximum Gasteiger partial charge on any atom is 0.224 e. The number of aromatic nitrogens is 2. The van der Waals surface area contributed by atoms with Crippen molar-refractivity contribution < 1.29 is 4.79 Å². The van der Waals surface area contributed by atoms with Gasteiger partial charge in [0.15, 0.2) is 0 Å². The molecule has 0 aliphatic rings. The van der Waals surface area contributed by atoms with E-state index in [-0.39, 0.29) is 5.91 Å². The summed E-state index contributed by atoms with van der Waals surface area (Å²) in [6, 6.07) is 18.1. The number of nitrogens with one attached hydrogen (secondary N) is 1. The van der Waals surface area contributed by atoms with E-state index in [1.165, 1.54) is 5.56 Å². The van der Waals surface area contributed by atoms with Crippen molar-refractivity contribution in [3.05, 3.63) is 82.7 Å². The van der Waals surface area contributed by atoms with E-state index in [9.17, 15) is 4.79 Å². The number of nitrogens with zero attached hydrogens (tertiary/aromatic N) is 2. The molecule has 0 saturated heterocycles. The highest BCUT2D eigenvalue weighted by molar-refractivity contribution is 5.79. The molecule has 128 valence electrons. The Bertz CT molecular complexity index is 881. The molecular weight excluding hydrogens is 310 g/mol. The molecule has 1 heterocycles. The van der Waals surface area contributed by atoms with Gasteiger partial charge in [0.2, 0.25) is 5.91 Å². The minimum absolute atomic E-state index is 0.0158. The molecule has 0 aliphatic carbocycles. The quantitative estimate of drug-likeness (QED) is 0.774. The van der Waals surface area contributed by atoms with Crippen molar-refractivity contribution in [2.24, 2.45) is 0 Å². The predicted octanol–water partition coefficient (Wildman–Crippen LogP) is 3.66. The fourth-order valence-electron chi connectivity index (χ4n) is 2.98. The van der Waals surface area contributed by atoms with Crippen LogP contribution in [0.3, 0.4) is 0 Å². The van der Waals surface area contributed by atoms with E-state index < -0.39 is 0 Å². The highest BCUT2D eigenvalue weighted by atomic mass is 16.1. The molecule has 1 aromatic heterocycles. The van der Waals surface area contributed by atoms with Crippen LogP contribution in [0.5, 0.6) is 0 Å². The van der Waals surface area contributed by atoms with Crippen LogP contribution in [0.2, 0.25) is 0 Å². The molecule has 25 heavy (non-hydrogen) atoms. The van der Waals surface area contributed by atoms with Crippen LogP contribution in [-0.2, 0) is 17.8 Å². The number of para-hydroxylation sites is 1. The van der Waals surface area contributed by atoms with Crippen molar-refractivity contribution in [2.45, 2.75) is 33.7 Å². The number of hydrogen-bond donors (Lipinski definition) is 1. The first-order chi connectivity index (χ1) is 12.1. The Morgan fingerprint density at radius 2 is 1.68 bits per heavy atom. The maximum atomic E-state index is 12.4. The number of hydrogen-bond acceptors (Lipinski definition) is 2. The molecule has 4 heteroatoms. The van der Waals surface area contributed by atoms with E-state index in [1.807, 2.05) is 67.1 Å². The zero-order chi connectivity index (χ0) is 17.8. The molecule has 0 spiro atoms. The Kier molecular flexibility index (Phi) is 4.98. The molecule has 0 radical (unpaired) electrons. The van der Waals surface area contributed by atoms with Gasteiger partial charge in [-0.15, -0.1) is 0 Å². The van der Waals surface area contributed by atoms with Crippen LogP contribution in [-0.4, -0.2) is 15.7 Å². The molecule has 0 unspecified atom stereocenters. The topological polar surface area (TPSA) is 46.9 Å². The van der Waals surface area contributed by atoms with Crippen molar-refractivity contribution >= 4 is 5.91 Å². The minimum atomic E-state index is 0.0158. The predicted molar refractivity (Wildman–Crippen MR) is 99.8 cm³/mol. The Labute approximate surface area is 148 Å². The molecule has 0 saturated carbocycles. The van der Waals surface area contributed by atoms with Crippen LogP contribution in [0.1, 0.15) is 28.1 Å². The molecule has 0 bridgehead atoms. The number of carbonyl (C=O) groups excluding carboxylic acids is 1. The molecule has 0 fully saturated rings. The van der Waals surface area contributed by atoms with Gasteiger partial charge in [-0.2, -0.15) is 5.10 Å². The second-order valence-corrected chi connectivity index (χ2v) is 6.28. The van der Waals surface area contributed by atoms with Gasteiger partial charge in [-0.05, 0) is 44.0 Å². The van der Waals surface area contributed by atoms with Crippen LogP contribution in [0.15, 0.2) is 54.6 Å². The van der Waals surface area contributed by atoms with Crippen molar-refractivity contribution in [1.82, 2.24) is 15.1 Å². The Balaban J connectivity index is 1.72. The smallest absolute Gasteiger partial charge is 0.224 e. The number of amides is 1. The van der Waals surface area contributed by atoms with E-state index in [0.29, 0.717) is 13.0 Å². The molecule has 3 aromatic rings. The summed E-state index contributed by atoms with van der Waals surface area (Å²) in [7, 11) is 0. The lowest BCUT2D eigenvalue weighted by Gasteiger charge is -2.08. The minimum Gasteiger partial charge on any atom is -0.352 e. The number of benzene rings is 2. The lowest BCUT2D eigenvalue weighted by Crippen LogP contribution is -2.25. The third kappa shape index (κ3) is 3.79. The second-order valence-electron chi connectivity index (χ2n) is 6.28. The largest absolute Gasteiger partial charge is 0.352 e. The van der Waals surface area contributed by atoms with Crippen LogP contribution in [0, 0.1) is 20.8 Å². The monoisotopic (exact) mass is 333 g/mol. The summed E-state index contributed by atoms with van der Waals surface area (Å²) < 4.78 is 1.90. The van der Waals surface area contributed by atoms with E-state index in [1.54, 1.807) is 0 Å². The third-order valence-electron chi connectivity index (χ3n) is 4.52. The SMILES string of the molecule is Cc1ccccc1CNC(=O)Cc1c(C)nn(-c2ccccc2)c1C. The molecular formula is C21H23N3O. The summed E-state index contributed by atoms with van der Waals surface area (Å²) in [4.78, 5) is 12.4. The lowest BCUT2D eigenvalue weighted by atomic mass is 10.1. The van der Waals surface area contributed by atoms with Crippen molar-refractivity contribution in [2.75, 3.05) is 0 Å². The maximum absolute atomic E-state index is 12.4. The summed E-state index contributed by atoms with van der Waals surface area (Å²) >= 11 is 0. The van der Waals surface area contributed by atoms with Crippen LogP contribution < -0.4 is 5.32 Å². The fraction of sp³-hybridized carbons (Fsp3) is 0.238. The summed E-state index contributed by atoms with van der Waals surface area (Å²) in [5.41, 5.74) is 6.24. The van der Waals surface area contributed by atoms with Crippen LogP contribution in [0.4, 0.5) is 0 Å². The molecule has 2 aromatic carbocycles. The zero-order valence-corrected chi connectivity index (χ0v) is 14.9. The van der Waals surface area contributed by atoms with Gasteiger partial charge in [-0.1, -0.05) is 42.5 Å². The van der Waals surface area contributed by atoms with E-state index in [0.717, 1.165) is 28.2 Å². The first-order valence-electron chi connectivity index (χ1n) is 8.48. The molecule has 1 N–H and O–H groups in total.